The molecule has 0 fully saturated rings. The minimum atomic E-state index is -3.67. The molecule has 1 N–H and O–H groups in total. The lowest BCUT2D eigenvalue weighted by atomic mass is 10.0. The molecule has 0 aliphatic carbocycles. The van der Waals surface area contributed by atoms with Crippen molar-refractivity contribution in [1.82, 2.24) is 10.2 Å². The van der Waals surface area contributed by atoms with Crippen molar-refractivity contribution in [3.63, 3.8) is 0 Å². The summed E-state index contributed by atoms with van der Waals surface area (Å²) in [7, 11) is -3.67. The van der Waals surface area contributed by atoms with Crippen molar-refractivity contribution in [3.05, 3.63) is 100 Å². The topological polar surface area (TPSA) is 86.8 Å². The molecule has 1 unspecified atom stereocenters. The standard InChI is InChI=1S/C31H37ClFN3O4S/c1-4-19-34-31(38)29(21-24-12-6-5-7-13-24)35(22-25-14-8-9-16-27(25)33)30(37)18-11-20-36(41(3,39)40)28-17-10-15-26(32)23(28)2/h5-10,12-17,29H,4,11,18-22H2,1-3H3,(H,34,38). The number of anilines is 1. The van der Waals surface area contributed by atoms with Crippen molar-refractivity contribution in [1.29, 1.82) is 0 Å². The van der Waals surface area contributed by atoms with Crippen LogP contribution in [0, 0.1) is 12.7 Å². The maximum atomic E-state index is 14.7. The monoisotopic (exact) mass is 601 g/mol. The van der Waals surface area contributed by atoms with Crippen LogP contribution in [-0.2, 0) is 32.6 Å². The highest BCUT2D eigenvalue weighted by molar-refractivity contribution is 7.92. The van der Waals surface area contributed by atoms with E-state index >= 15 is 0 Å². The van der Waals surface area contributed by atoms with E-state index in [4.69, 9.17) is 11.6 Å². The Morgan fingerprint density at radius 3 is 2.34 bits per heavy atom. The molecule has 2 amide bonds. The maximum Gasteiger partial charge on any atom is 0.243 e. The van der Waals surface area contributed by atoms with Gasteiger partial charge < -0.3 is 10.2 Å². The van der Waals surface area contributed by atoms with Crippen molar-refractivity contribution in [2.75, 3.05) is 23.7 Å². The molecule has 0 saturated heterocycles. The van der Waals surface area contributed by atoms with Gasteiger partial charge in [0.05, 0.1) is 11.9 Å². The number of carbonyl (C=O) groups excluding carboxylic acids is 2. The van der Waals surface area contributed by atoms with E-state index in [9.17, 15) is 22.4 Å². The molecule has 0 aliphatic heterocycles. The molecule has 0 bridgehead atoms. The first-order valence-electron chi connectivity index (χ1n) is 13.6. The first-order valence-corrected chi connectivity index (χ1v) is 15.8. The van der Waals surface area contributed by atoms with Crippen LogP contribution in [0.25, 0.3) is 0 Å². The Bertz CT molecular complexity index is 1440. The van der Waals surface area contributed by atoms with E-state index in [-0.39, 0.29) is 49.7 Å². The number of halogens is 2. The lowest BCUT2D eigenvalue weighted by Crippen LogP contribution is -2.50. The molecule has 220 valence electrons. The fraction of sp³-hybridized carbons (Fsp3) is 0.355. The van der Waals surface area contributed by atoms with E-state index in [0.29, 0.717) is 22.8 Å². The fourth-order valence-electron chi connectivity index (χ4n) is 4.58. The van der Waals surface area contributed by atoms with E-state index in [1.807, 2.05) is 37.3 Å². The summed E-state index contributed by atoms with van der Waals surface area (Å²) >= 11 is 6.24. The highest BCUT2D eigenvalue weighted by Crippen LogP contribution is 2.28. The number of nitrogens with zero attached hydrogens (tertiary/aromatic N) is 2. The molecule has 7 nitrogen and oxygen atoms in total. The first kappa shape index (κ1) is 32.1. The Balaban J connectivity index is 1.90. The van der Waals surface area contributed by atoms with E-state index < -0.39 is 21.9 Å². The van der Waals surface area contributed by atoms with Gasteiger partial charge in [-0.15, -0.1) is 0 Å². The number of carbonyl (C=O) groups is 2. The van der Waals surface area contributed by atoms with Crippen molar-refractivity contribution < 1.29 is 22.4 Å². The highest BCUT2D eigenvalue weighted by atomic mass is 35.5. The van der Waals surface area contributed by atoms with Crippen LogP contribution in [-0.4, -0.2) is 50.5 Å². The average Bonchev–Trinajstić information content (AvgIpc) is 2.94. The Kier molecular flexibility index (Phi) is 11.7. The van der Waals surface area contributed by atoms with Gasteiger partial charge in [0.1, 0.15) is 11.9 Å². The molecule has 0 heterocycles. The normalized spacial score (nSPS) is 12.0. The number of amides is 2. The predicted octanol–water partition coefficient (Wildman–Crippen LogP) is 5.50. The van der Waals surface area contributed by atoms with Crippen LogP contribution < -0.4 is 9.62 Å². The van der Waals surface area contributed by atoms with Crippen LogP contribution in [0.2, 0.25) is 5.02 Å². The summed E-state index contributed by atoms with van der Waals surface area (Å²) in [5, 5.41) is 3.32. The van der Waals surface area contributed by atoms with Crippen LogP contribution in [0.4, 0.5) is 10.1 Å². The van der Waals surface area contributed by atoms with Crippen LogP contribution in [0.1, 0.15) is 42.9 Å². The first-order chi connectivity index (χ1) is 19.5. The second-order valence-corrected chi connectivity index (χ2v) is 12.2. The molecule has 41 heavy (non-hydrogen) atoms. The van der Waals surface area contributed by atoms with Gasteiger partial charge in [0, 0.05) is 43.1 Å². The minimum absolute atomic E-state index is 0.0324. The van der Waals surface area contributed by atoms with Crippen LogP contribution in [0.15, 0.2) is 72.8 Å². The number of benzene rings is 3. The molecule has 0 spiro atoms. The molecule has 0 aliphatic rings. The zero-order chi connectivity index (χ0) is 30.0. The molecule has 0 radical (unpaired) electrons. The van der Waals surface area contributed by atoms with E-state index in [1.54, 1.807) is 43.3 Å². The van der Waals surface area contributed by atoms with Crippen molar-refractivity contribution in [2.24, 2.45) is 0 Å². The molecular weight excluding hydrogens is 565 g/mol. The number of hydrogen-bond acceptors (Lipinski definition) is 4. The Morgan fingerprint density at radius 2 is 1.68 bits per heavy atom. The molecule has 3 rings (SSSR count). The van der Waals surface area contributed by atoms with Gasteiger partial charge in [-0.25, -0.2) is 12.8 Å². The van der Waals surface area contributed by atoms with E-state index in [1.165, 1.54) is 15.3 Å². The number of hydrogen-bond donors (Lipinski definition) is 1. The largest absolute Gasteiger partial charge is 0.354 e. The second-order valence-electron chi connectivity index (χ2n) is 9.93. The number of rotatable bonds is 14. The predicted molar refractivity (Wildman–Crippen MR) is 162 cm³/mol. The van der Waals surface area contributed by atoms with Crippen molar-refractivity contribution in [3.8, 4) is 0 Å². The number of sulfonamides is 1. The van der Waals surface area contributed by atoms with E-state index in [0.717, 1.165) is 18.2 Å². The Labute approximate surface area is 247 Å². The highest BCUT2D eigenvalue weighted by Gasteiger charge is 2.31. The summed E-state index contributed by atoms with van der Waals surface area (Å²) < 4.78 is 41.3. The minimum Gasteiger partial charge on any atom is -0.354 e. The quantitative estimate of drug-likeness (QED) is 0.264. The molecule has 1 atom stereocenters. The van der Waals surface area contributed by atoms with Gasteiger partial charge in [-0.1, -0.05) is 73.1 Å². The summed E-state index contributed by atoms with van der Waals surface area (Å²) in [6.07, 6.45) is 2.20. The van der Waals surface area contributed by atoms with Gasteiger partial charge in [0.2, 0.25) is 21.8 Å². The maximum absolute atomic E-state index is 14.7. The average molecular weight is 602 g/mol. The zero-order valence-corrected chi connectivity index (χ0v) is 25.2. The van der Waals surface area contributed by atoms with Crippen molar-refractivity contribution >= 4 is 39.1 Å². The summed E-state index contributed by atoms with van der Waals surface area (Å²) in [6, 6.07) is 19.6. The Morgan fingerprint density at radius 1 is 1.00 bits per heavy atom. The number of nitrogens with one attached hydrogen (secondary N) is 1. The molecule has 3 aromatic rings. The third-order valence-electron chi connectivity index (χ3n) is 6.78. The van der Waals surface area contributed by atoms with Gasteiger partial charge in [-0.3, -0.25) is 13.9 Å². The molecule has 0 saturated carbocycles. The van der Waals surface area contributed by atoms with Crippen LogP contribution in [0.3, 0.4) is 0 Å². The summed E-state index contributed by atoms with van der Waals surface area (Å²) in [6.45, 7) is 4.04. The van der Waals surface area contributed by atoms with Crippen LogP contribution in [0.5, 0.6) is 0 Å². The third-order valence-corrected chi connectivity index (χ3v) is 8.37. The van der Waals surface area contributed by atoms with Crippen LogP contribution >= 0.6 is 11.6 Å². The summed E-state index contributed by atoms with van der Waals surface area (Å²) in [5.41, 5.74) is 2.20. The van der Waals surface area contributed by atoms with Gasteiger partial charge in [0.15, 0.2) is 0 Å². The zero-order valence-electron chi connectivity index (χ0n) is 23.6. The third kappa shape index (κ3) is 9.03. The van der Waals surface area contributed by atoms with Gasteiger partial charge >= 0.3 is 0 Å². The summed E-state index contributed by atoms with van der Waals surface area (Å²) in [4.78, 5) is 28.6. The van der Waals surface area contributed by atoms with Crippen molar-refractivity contribution in [2.45, 2.75) is 52.1 Å². The fourth-order valence-corrected chi connectivity index (χ4v) is 5.76. The van der Waals surface area contributed by atoms with Gasteiger partial charge in [-0.2, -0.15) is 0 Å². The van der Waals surface area contributed by atoms with Gasteiger partial charge in [0.25, 0.3) is 0 Å². The second kappa shape index (κ2) is 15.0. The summed E-state index contributed by atoms with van der Waals surface area (Å²) in [5.74, 6) is -1.18. The molecule has 0 aromatic heterocycles. The molecule has 3 aromatic carbocycles. The lowest BCUT2D eigenvalue weighted by molar-refractivity contribution is -0.141. The molecule has 10 heteroatoms. The SMILES string of the molecule is CCCNC(=O)C(Cc1ccccc1)N(Cc1ccccc1F)C(=O)CCCN(c1cccc(Cl)c1C)S(C)(=O)=O. The van der Waals surface area contributed by atoms with E-state index in [2.05, 4.69) is 5.32 Å². The molecular formula is C31H37ClFN3O4S. The Hall–Kier alpha value is -3.43. The van der Waals surface area contributed by atoms with Gasteiger partial charge in [-0.05, 0) is 49.1 Å². The smallest absolute Gasteiger partial charge is 0.243 e. The lowest BCUT2D eigenvalue weighted by Gasteiger charge is -2.32.